The number of fused-ring (bicyclic) bond motifs is 1. The van der Waals surface area contributed by atoms with E-state index in [0.29, 0.717) is 17.2 Å². The Morgan fingerprint density at radius 3 is 2.57 bits per heavy atom. The van der Waals surface area contributed by atoms with Crippen LogP contribution in [-0.2, 0) is 9.53 Å². The summed E-state index contributed by atoms with van der Waals surface area (Å²) in [6.45, 7) is 2.43. The molecule has 0 unspecified atom stereocenters. The molecule has 1 aromatic heterocycles. The van der Waals surface area contributed by atoms with Gasteiger partial charge in [0.1, 0.15) is 12.2 Å². The van der Waals surface area contributed by atoms with E-state index in [1.54, 1.807) is 0 Å². The molecule has 1 N–H and O–H groups in total. The van der Waals surface area contributed by atoms with Crippen molar-refractivity contribution >= 4 is 57.0 Å². The molecule has 1 heterocycles. The van der Waals surface area contributed by atoms with Gasteiger partial charge in [-0.05, 0) is 36.2 Å². The summed E-state index contributed by atoms with van der Waals surface area (Å²) in [4.78, 5) is 24.0. The smallest absolute Gasteiger partial charge is 0.307 e. The van der Waals surface area contributed by atoms with E-state index in [-0.39, 0.29) is 30.6 Å². The zero-order valence-electron chi connectivity index (χ0n) is 15.3. The number of carbonyl (C=O) groups is 2. The molecular formula is C21H19ClINO4. The molecule has 146 valence electrons. The number of aryl methyl sites for hydroxylation is 1. The van der Waals surface area contributed by atoms with Crippen LogP contribution in [0.25, 0.3) is 22.1 Å². The van der Waals surface area contributed by atoms with Crippen LogP contribution in [0.5, 0.6) is 0 Å². The normalized spacial score (nSPS) is 10.8. The van der Waals surface area contributed by atoms with Crippen LogP contribution in [0.4, 0.5) is 0 Å². The van der Waals surface area contributed by atoms with Gasteiger partial charge in [-0.1, -0.05) is 58.5 Å². The first-order chi connectivity index (χ1) is 13.5. The highest BCUT2D eigenvalue weighted by Crippen LogP contribution is 2.30. The maximum atomic E-state index is 12.5. The minimum atomic E-state index is -0.344. The molecule has 0 fully saturated rings. The number of alkyl halides is 1. The highest BCUT2D eigenvalue weighted by atomic mass is 127. The fraction of sp³-hybridized carbons (Fsp3) is 0.238. The van der Waals surface area contributed by atoms with Gasteiger partial charge in [-0.3, -0.25) is 9.59 Å². The van der Waals surface area contributed by atoms with Crippen molar-refractivity contribution in [1.82, 2.24) is 5.32 Å². The Bertz CT molecular complexity index is 998. The van der Waals surface area contributed by atoms with Crippen molar-refractivity contribution in [3.8, 4) is 11.1 Å². The van der Waals surface area contributed by atoms with E-state index in [9.17, 15) is 9.59 Å². The monoisotopic (exact) mass is 511 g/mol. The molecule has 5 nitrogen and oxygen atoms in total. The lowest BCUT2D eigenvalue weighted by molar-refractivity contribution is -0.142. The molecule has 0 radical (unpaired) electrons. The van der Waals surface area contributed by atoms with Gasteiger partial charge in [-0.25, -0.2) is 0 Å². The molecule has 0 saturated carbocycles. The van der Waals surface area contributed by atoms with E-state index in [4.69, 9.17) is 20.8 Å². The lowest BCUT2D eigenvalue weighted by Crippen LogP contribution is -2.26. The molecule has 3 aromatic rings. The molecule has 0 aliphatic heterocycles. The average molecular weight is 512 g/mol. The molecule has 28 heavy (non-hydrogen) atoms. The van der Waals surface area contributed by atoms with Crippen molar-refractivity contribution in [2.45, 2.75) is 13.3 Å². The van der Waals surface area contributed by atoms with Crippen LogP contribution in [0.2, 0.25) is 5.02 Å². The van der Waals surface area contributed by atoms with Gasteiger partial charge in [0, 0.05) is 26.9 Å². The van der Waals surface area contributed by atoms with Crippen molar-refractivity contribution in [3.63, 3.8) is 0 Å². The summed E-state index contributed by atoms with van der Waals surface area (Å²) in [5, 5.41) is 4.27. The second-order valence-electron chi connectivity index (χ2n) is 6.19. The summed E-state index contributed by atoms with van der Waals surface area (Å²) < 4.78 is 11.5. The van der Waals surface area contributed by atoms with E-state index >= 15 is 0 Å². The Kier molecular flexibility index (Phi) is 6.96. The van der Waals surface area contributed by atoms with Gasteiger partial charge < -0.3 is 14.5 Å². The number of rotatable bonds is 7. The molecule has 7 heteroatoms. The van der Waals surface area contributed by atoms with Crippen molar-refractivity contribution in [2.75, 3.05) is 17.6 Å². The van der Waals surface area contributed by atoms with Gasteiger partial charge in [-0.15, -0.1) is 0 Å². The Morgan fingerprint density at radius 1 is 1.14 bits per heavy atom. The predicted molar refractivity (Wildman–Crippen MR) is 118 cm³/mol. The van der Waals surface area contributed by atoms with E-state index in [0.717, 1.165) is 26.5 Å². The summed E-state index contributed by atoms with van der Waals surface area (Å²) in [7, 11) is 0. The second kappa shape index (κ2) is 9.43. The van der Waals surface area contributed by atoms with E-state index in [1.807, 2.05) is 49.4 Å². The molecule has 0 bridgehead atoms. The Labute approximate surface area is 181 Å². The molecule has 0 aliphatic rings. The highest BCUT2D eigenvalue weighted by molar-refractivity contribution is 14.1. The Morgan fingerprint density at radius 2 is 1.86 bits per heavy atom. The standard InChI is InChI=1S/C21H19ClINO4/c1-13-17-7-4-15(14-2-5-16(22)6-3-14)12-18(17)28-20(13)21(26)24-10-8-19(25)27-11-9-23/h2-7,12H,8-11H2,1H3,(H,24,26). The average Bonchev–Trinajstić information content (AvgIpc) is 3.03. The predicted octanol–water partition coefficient (Wildman–Crippen LogP) is 5.16. The SMILES string of the molecule is Cc1c(C(=O)NCCC(=O)OCCI)oc2cc(-c3ccc(Cl)cc3)ccc12. The molecular weight excluding hydrogens is 493 g/mol. The Hall–Kier alpha value is -2.06. The molecule has 2 aromatic carbocycles. The van der Waals surface area contributed by atoms with Gasteiger partial charge in [0.2, 0.25) is 0 Å². The fourth-order valence-corrected chi connectivity index (χ4v) is 3.19. The largest absolute Gasteiger partial charge is 0.465 e. The first-order valence-corrected chi connectivity index (χ1v) is 10.7. The number of amides is 1. The van der Waals surface area contributed by atoms with Crippen LogP contribution in [0.3, 0.4) is 0 Å². The molecule has 3 rings (SSSR count). The number of furan rings is 1. The number of hydrogen-bond acceptors (Lipinski definition) is 4. The van der Waals surface area contributed by atoms with Crippen LogP contribution in [0.15, 0.2) is 46.9 Å². The zero-order valence-corrected chi connectivity index (χ0v) is 18.2. The van der Waals surface area contributed by atoms with Crippen molar-refractivity contribution in [1.29, 1.82) is 0 Å². The van der Waals surface area contributed by atoms with Gasteiger partial charge in [0.25, 0.3) is 5.91 Å². The third-order valence-electron chi connectivity index (χ3n) is 4.28. The lowest BCUT2D eigenvalue weighted by Gasteiger charge is -2.04. The van der Waals surface area contributed by atoms with Crippen LogP contribution in [-0.4, -0.2) is 29.5 Å². The number of hydrogen-bond donors (Lipinski definition) is 1. The maximum Gasteiger partial charge on any atom is 0.307 e. The Balaban J connectivity index is 1.73. The number of ether oxygens (including phenoxy) is 1. The lowest BCUT2D eigenvalue weighted by atomic mass is 10.0. The third-order valence-corrected chi connectivity index (χ3v) is 4.97. The number of esters is 1. The van der Waals surface area contributed by atoms with Crippen LogP contribution in [0.1, 0.15) is 22.5 Å². The third kappa shape index (κ3) is 4.86. The summed E-state index contributed by atoms with van der Waals surface area (Å²) in [5.74, 6) is -0.418. The van der Waals surface area contributed by atoms with Gasteiger partial charge >= 0.3 is 5.97 Å². The van der Waals surface area contributed by atoms with Crippen LogP contribution in [0, 0.1) is 6.92 Å². The molecule has 0 saturated heterocycles. The van der Waals surface area contributed by atoms with Gasteiger partial charge in [-0.2, -0.15) is 0 Å². The summed E-state index contributed by atoms with van der Waals surface area (Å²) in [6.07, 6.45) is 0.127. The first kappa shape index (κ1) is 20.7. The quantitative estimate of drug-likeness (QED) is 0.270. The summed E-state index contributed by atoms with van der Waals surface area (Å²) in [6, 6.07) is 13.4. The number of nitrogens with one attached hydrogen (secondary N) is 1. The fourth-order valence-electron chi connectivity index (χ4n) is 2.85. The summed E-state index contributed by atoms with van der Waals surface area (Å²) in [5.41, 5.74) is 3.39. The topological polar surface area (TPSA) is 68.5 Å². The van der Waals surface area contributed by atoms with Crippen molar-refractivity contribution in [3.05, 3.63) is 58.8 Å². The summed E-state index contributed by atoms with van der Waals surface area (Å²) >= 11 is 8.08. The molecule has 0 atom stereocenters. The van der Waals surface area contributed by atoms with Crippen LogP contribution < -0.4 is 5.32 Å². The van der Waals surface area contributed by atoms with E-state index < -0.39 is 0 Å². The zero-order chi connectivity index (χ0) is 20.1. The number of carbonyl (C=O) groups excluding carboxylic acids is 2. The van der Waals surface area contributed by atoms with Gasteiger partial charge in [0.05, 0.1) is 6.42 Å². The van der Waals surface area contributed by atoms with Crippen molar-refractivity contribution in [2.24, 2.45) is 0 Å². The van der Waals surface area contributed by atoms with Crippen LogP contribution >= 0.6 is 34.2 Å². The minimum absolute atomic E-state index is 0.127. The van der Waals surface area contributed by atoms with E-state index in [1.165, 1.54) is 0 Å². The second-order valence-corrected chi connectivity index (χ2v) is 7.70. The minimum Gasteiger partial charge on any atom is -0.465 e. The number of halogens is 2. The molecule has 1 amide bonds. The van der Waals surface area contributed by atoms with Gasteiger partial charge in [0.15, 0.2) is 5.76 Å². The van der Waals surface area contributed by atoms with Crippen molar-refractivity contribution < 1.29 is 18.7 Å². The van der Waals surface area contributed by atoms with E-state index in [2.05, 4.69) is 27.9 Å². The maximum absolute atomic E-state index is 12.5. The highest BCUT2D eigenvalue weighted by Gasteiger charge is 2.18. The first-order valence-electron chi connectivity index (χ1n) is 8.78. The molecule has 0 spiro atoms. The molecule has 0 aliphatic carbocycles. The number of benzene rings is 2.